The molecule has 0 aliphatic carbocycles. The van der Waals surface area contributed by atoms with E-state index in [9.17, 15) is 0 Å². The molecule has 2 aromatic heterocycles. The van der Waals surface area contributed by atoms with Crippen LogP contribution in [-0.4, -0.2) is 4.57 Å². The monoisotopic (exact) mass is 646 g/mol. The summed E-state index contributed by atoms with van der Waals surface area (Å²) in [5.74, 6) is 0.749. The van der Waals surface area contributed by atoms with Gasteiger partial charge in [0.05, 0.1) is 16.7 Å². The Morgan fingerprint density at radius 1 is 0.551 bits per heavy atom. The van der Waals surface area contributed by atoms with E-state index in [0.717, 1.165) is 22.4 Å². The van der Waals surface area contributed by atoms with Crippen LogP contribution in [0.5, 0.6) is 5.75 Å². The van der Waals surface area contributed by atoms with Crippen LogP contribution in [0, 0.1) is 0 Å². The third-order valence-electron chi connectivity index (χ3n) is 9.81. The molecule has 0 fully saturated rings. The molecule has 2 heterocycles. The van der Waals surface area contributed by atoms with E-state index >= 15 is 0 Å². The number of aromatic nitrogens is 1. The topological polar surface area (TPSA) is 40.2 Å². The van der Waals surface area contributed by atoms with E-state index in [2.05, 4.69) is 156 Å². The lowest BCUT2D eigenvalue weighted by atomic mass is 10.0. The second-order valence-corrected chi connectivity index (χ2v) is 13.8. The van der Waals surface area contributed by atoms with E-state index in [1.165, 1.54) is 69.3 Å². The van der Waals surface area contributed by atoms with E-state index in [4.69, 9.17) is 10.5 Å². The van der Waals surface area contributed by atoms with Crippen molar-refractivity contribution in [3.8, 4) is 22.6 Å². The third kappa shape index (κ3) is 4.49. The highest BCUT2D eigenvalue weighted by Crippen LogP contribution is 2.46. The summed E-state index contributed by atoms with van der Waals surface area (Å²) in [7, 11) is 0. The maximum Gasteiger partial charge on any atom is 0.151 e. The molecule has 10 rings (SSSR count). The molecule has 10 aromatic rings. The van der Waals surface area contributed by atoms with Gasteiger partial charge in [-0.25, -0.2) is 0 Å². The summed E-state index contributed by atoms with van der Waals surface area (Å²) >= 11 is 1.79. The molecule has 232 valence electrons. The normalized spacial score (nSPS) is 11.8. The number of ether oxygens (including phenoxy) is 1. The average Bonchev–Trinajstić information content (AvgIpc) is 3.68. The van der Waals surface area contributed by atoms with Gasteiger partial charge in [0.25, 0.3) is 0 Å². The molecule has 0 aliphatic rings. The van der Waals surface area contributed by atoms with Gasteiger partial charge in [0, 0.05) is 36.6 Å². The highest BCUT2D eigenvalue weighted by atomic mass is 32.1. The Balaban J connectivity index is 1.05. The smallest absolute Gasteiger partial charge is 0.151 e. The van der Waals surface area contributed by atoms with Gasteiger partial charge in [-0.3, -0.25) is 0 Å². The summed E-state index contributed by atoms with van der Waals surface area (Å²) in [5.41, 5.74) is 14.3. The van der Waals surface area contributed by atoms with Gasteiger partial charge in [0.2, 0.25) is 0 Å². The van der Waals surface area contributed by atoms with Gasteiger partial charge in [-0.2, -0.15) is 0 Å². The summed E-state index contributed by atoms with van der Waals surface area (Å²) in [4.78, 5) is 0. The molecule has 3 nitrogen and oxygen atoms in total. The number of hydrogen-bond acceptors (Lipinski definition) is 3. The van der Waals surface area contributed by atoms with Gasteiger partial charge in [0.15, 0.2) is 5.75 Å². The predicted molar refractivity (Wildman–Crippen MR) is 209 cm³/mol. The van der Waals surface area contributed by atoms with Gasteiger partial charge >= 0.3 is 0 Å². The molecule has 4 heteroatoms. The summed E-state index contributed by atoms with van der Waals surface area (Å²) in [6.45, 7) is 0.418. The number of benzene rings is 8. The van der Waals surface area contributed by atoms with Crippen molar-refractivity contribution in [2.45, 2.75) is 6.61 Å². The molecule has 0 atom stereocenters. The molecule has 2 N–H and O–H groups in total. The summed E-state index contributed by atoms with van der Waals surface area (Å²) in [5, 5.41) is 9.74. The largest absolute Gasteiger partial charge is 0.486 e. The van der Waals surface area contributed by atoms with E-state index in [-0.39, 0.29) is 0 Å². The molecular weight excluding hydrogens is 617 g/mol. The first-order chi connectivity index (χ1) is 24.2. The zero-order valence-corrected chi connectivity index (χ0v) is 27.4. The first kappa shape index (κ1) is 28.0. The van der Waals surface area contributed by atoms with Crippen LogP contribution in [0.1, 0.15) is 5.56 Å². The van der Waals surface area contributed by atoms with E-state index in [1.54, 1.807) is 11.3 Å². The summed E-state index contributed by atoms with van der Waals surface area (Å²) < 4.78 is 11.4. The number of thiophene rings is 1. The zero-order valence-electron chi connectivity index (χ0n) is 26.6. The van der Waals surface area contributed by atoms with Crippen molar-refractivity contribution in [1.82, 2.24) is 4.57 Å². The van der Waals surface area contributed by atoms with E-state index in [1.807, 2.05) is 6.07 Å². The second kappa shape index (κ2) is 11.0. The van der Waals surface area contributed by atoms with Crippen molar-refractivity contribution in [3.63, 3.8) is 0 Å². The number of rotatable bonds is 5. The fourth-order valence-corrected chi connectivity index (χ4v) is 8.67. The Hall–Kier alpha value is -6.10. The molecule has 8 aromatic carbocycles. The lowest BCUT2D eigenvalue weighted by Crippen LogP contribution is -2.00. The standard InChI is InChI=1S/C45H30N2OS/c46-39-21-22-42-43(36-16-8-15-35(45(36)49-42)29-9-2-1-3-10-29)44(39)48-27-28-17-19-34(20-18-28)47-40-25-32-13-6-4-11-30(32)23-37(40)38-24-31-12-5-7-14-33(31)26-41(38)47/h1-26H,27,46H2. The SMILES string of the molecule is Nc1ccc2sc3c(-c4ccccc4)cccc3c2c1OCc1ccc(-n2c3cc4ccccc4cc3c3cc4ccccc4cc32)cc1. The van der Waals surface area contributed by atoms with Crippen LogP contribution in [-0.2, 0) is 6.61 Å². The Labute approximate surface area is 287 Å². The fraction of sp³-hybridized carbons (Fsp3) is 0.0222. The van der Waals surface area contributed by atoms with Crippen molar-refractivity contribution in [1.29, 1.82) is 0 Å². The van der Waals surface area contributed by atoms with Gasteiger partial charge in [0.1, 0.15) is 6.61 Å². The Morgan fingerprint density at radius 2 is 1.16 bits per heavy atom. The number of hydrogen-bond donors (Lipinski definition) is 1. The molecular formula is C45H30N2OS. The molecule has 0 amide bonds. The summed E-state index contributed by atoms with van der Waals surface area (Å²) in [6, 6.07) is 56.4. The maximum atomic E-state index is 6.60. The van der Waals surface area contributed by atoms with Crippen LogP contribution in [0.25, 0.3) is 80.3 Å². The number of anilines is 1. The number of nitrogens with two attached hydrogens (primary N) is 1. The van der Waals surface area contributed by atoms with Crippen molar-refractivity contribution < 1.29 is 4.74 Å². The third-order valence-corrected chi connectivity index (χ3v) is 11.0. The van der Waals surface area contributed by atoms with Crippen LogP contribution in [0.15, 0.2) is 158 Å². The number of nitrogens with zero attached hydrogens (tertiary/aromatic N) is 1. The highest BCUT2D eigenvalue weighted by molar-refractivity contribution is 7.26. The van der Waals surface area contributed by atoms with Gasteiger partial charge in [-0.05, 0) is 86.8 Å². The molecule has 0 unspecified atom stereocenters. The molecule has 0 radical (unpaired) electrons. The quantitative estimate of drug-likeness (QED) is 0.189. The summed E-state index contributed by atoms with van der Waals surface area (Å²) in [6.07, 6.45) is 0. The van der Waals surface area contributed by atoms with Gasteiger partial charge in [-0.1, -0.05) is 109 Å². The zero-order chi connectivity index (χ0) is 32.5. The fourth-order valence-electron chi connectivity index (χ4n) is 7.44. The van der Waals surface area contributed by atoms with E-state index in [0.29, 0.717) is 12.3 Å². The van der Waals surface area contributed by atoms with Crippen molar-refractivity contribution in [3.05, 3.63) is 163 Å². The van der Waals surface area contributed by atoms with E-state index < -0.39 is 0 Å². The van der Waals surface area contributed by atoms with Crippen LogP contribution in [0.4, 0.5) is 5.69 Å². The van der Waals surface area contributed by atoms with Crippen molar-refractivity contribution in [2.75, 3.05) is 5.73 Å². The van der Waals surface area contributed by atoms with Crippen LogP contribution in [0.2, 0.25) is 0 Å². The minimum atomic E-state index is 0.418. The minimum absolute atomic E-state index is 0.418. The molecule has 0 bridgehead atoms. The Morgan fingerprint density at radius 3 is 1.82 bits per heavy atom. The van der Waals surface area contributed by atoms with Crippen LogP contribution >= 0.6 is 11.3 Å². The molecule has 0 saturated heterocycles. The molecule has 0 spiro atoms. The lowest BCUT2D eigenvalue weighted by Gasteiger charge is -2.13. The van der Waals surface area contributed by atoms with Crippen molar-refractivity contribution in [2.24, 2.45) is 0 Å². The predicted octanol–water partition coefficient (Wildman–Crippen LogP) is 12.3. The average molecular weight is 647 g/mol. The lowest BCUT2D eigenvalue weighted by molar-refractivity contribution is 0.312. The van der Waals surface area contributed by atoms with Gasteiger partial charge in [-0.15, -0.1) is 11.3 Å². The Kier molecular flexibility index (Phi) is 6.27. The molecule has 0 aliphatic heterocycles. The van der Waals surface area contributed by atoms with Crippen LogP contribution in [0.3, 0.4) is 0 Å². The second-order valence-electron chi connectivity index (χ2n) is 12.7. The first-order valence-corrected chi connectivity index (χ1v) is 17.4. The van der Waals surface area contributed by atoms with Gasteiger partial charge < -0.3 is 15.0 Å². The van der Waals surface area contributed by atoms with Crippen molar-refractivity contribution >= 4 is 80.5 Å². The highest BCUT2D eigenvalue weighted by Gasteiger charge is 2.18. The first-order valence-electron chi connectivity index (χ1n) is 16.6. The molecule has 49 heavy (non-hydrogen) atoms. The van der Waals surface area contributed by atoms with Crippen LogP contribution < -0.4 is 10.5 Å². The maximum absolute atomic E-state index is 6.60. The number of fused-ring (bicyclic) bond motifs is 8. The Bertz CT molecular complexity index is 2790. The minimum Gasteiger partial charge on any atom is -0.486 e. The molecule has 0 saturated carbocycles. The number of nitrogen functional groups attached to an aromatic ring is 1.